The quantitative estimate of drug-likeness (QED) is 0.708. The number of nitrogens with zero attached hydrogens (tertiary/aromatic N) is 1. The van der Waals surface area contributed by atoms with Crippen molar-refractivity contribution in [2.45, 2.75) is 45.2 Å². The van der Waals surface area contributed by atoms with Crippen molar-refractivity contribution in [3.05, 3.63) is 59.8 Å². The first-order valence-electron chi connectivity index (χ1n) is 10.6. The Kier molecular flexibility index (Phi) is 7.44. The molecule has 2 atom stereocenters. The number of hydrogen-bond acceptors (Lipinski definition) is 4. The zero-order valence-corrected chi connectivity index (χ0v) is 17.8. The van der Waals surface area contributed by atoms with Gasteiger partial charge in [-0.3, -0.25) is 14.4 Å². The van der Waals surface area contributed by atoms with Gasteiger partial charge in [-0.2, -0.15) is 0 Å². The molecule has 31 heavy (non-hydrogen) atoms. The average Bonchev–Trinajstić information content (AvgIpc) is 3.32. The molecule has 0 spiro atoms. The van der Waals surface area contributed by atoms with Crippen molar-refractivity contribution in [3.8, 4) is 0 Å². The summed E-state index contributed by atoms with van der Waals surface area (Å²) in [5.74, 6) is -1.14. The zero-order chi connectivity index (χ0) is 22.4. The number of furan rings is 1. The molecule has 1 fully saturated rings. The molecule has 0 saturated carbocycles. The van der Waals surface area contributed by atoms with Gasteiger partial charge < -0.3 is 20.0 Å². The molecule has 1 aromatic heterocycles. The first-order chi connectivity index (χ1) is 14.9. The van der Waals surface area contributed by atoms with Gasteiger partial charge in [-0.05, 0) is 68.5 Å². The number of amides is 3. The molecule has 0 aliphatic carbocycles. The van der Waals surface area contributed by atoms with Gasteiger partial charge in [0, 0.05) is 24.7 Å². The largest absolute Gasteiger partial charge is 0.459 e. The van der Waals surface area contributed by atoms with Crippen LogP contribution in [0.5, 0.6) is 0 Å². The molecule has 1 aliphatic rings. The van der Waals surface area contributed by atoms with Crippen LogP contribution in [0.4, 0.5) is 4.39 Å². The molecule has 3 amide bonds. The fourth-order valence-electron chi connectivity index (χ4n) is 3.65. The Hall–Kier alpha value is -3.16. The van der Waals surface area contributed by atoms with Gasteiger partial charge in [-0.1, -0.05) is 6.92 Å². The number of hydrogen-bond donors (Lipinski definition) is 2. The van der Waals surface area contributed by atoms with Gasteiger partial charge in [0.05, 0.1) is 6.26 Å². The van der Waals surface area contributed by atoms with Crippen molar-refractivity contribution in [3.63, 3.8) is 0 Å². The average molecular weight is 429 g/mol. The Morgan fingerprint density at radius 3 is 2.39 bits per heavy atom. The number of nitrogens with one attached hydrogen (secondary N) is 2. The van der Waals surface area contributed by atoms with E-state index in [1.807, 2.05) is 13.8 Å². The normalized spacial score (nSPS) is 16.4. The third kappa shape index (κ3) is 5.71. The molecular weight excluding hydrogens is 401 g/mol. The maximum atomic E-state index is 13.2. The third-order valence-corrected chi connectivity index (χ3v) is 5.71. The van der Waals surface area contributed by atoms with Crippen molar-refractivity contribution in [2.75, 3.05) is 13.1 Å². The lowest BCUT2D eigenvalue weighted by atomic mass is 9.88. The molecule has 0 bridgehead atoms. The van der Waals surface area contributed by atoms with Crippen LogP contribution in [0.15, 0.2) is 47.1 Å². The predicted molar refractivity (Wildman–Crippen MR) is 113 cm³/mol. The van der Waals surface area contributed by atoms with Crippen molar-refractivity contribution < 1.29 is 23.2 Å². The second kappa shape index (κ2) is 10.2. The Morgan fingerprint density at radius 1 is 1.13 bits per heavy atom. The summed E-state index contributed by atoms with van der Waals surface area (Å²) in [6.07, 6.45) is 3.35. The monoisotopic (exact) mass is 429 g/mol. The van der Waals surface area contributed by atoms with Gasteiger partial charge in [0.2, 0.25) is 5.91 Å². The van der Waals surface area contributed by atoms with Crippen molar-refractivity contribution >= 4 is 17.7 Å². The summed E-state index contributed by atoms with van der Waals surface area (Å²) in [4.78, 5) is 39.9. The molecule has 7 nitrogen and oxygen atoms in total. The minimum atomic E-state index is -0.743. The van der Waals surface area contributed by atoms with E-state index in [1.54, 1.807) is 17.0 Å². The molecule has 2 heterocycles. The molecule has 166 valence electrons. The Balaban J connectivity index is 1.69. The number of carbonyl (C=O) groups is 3. The number of benzene rings is 1. The summed E-state index contributed by atoms with van der Waals surface area (Å²) in [6, 6.07) is 7.72. The number of rotatable bonds is 7. The van der Waals surface area contributed by atoms with E-state index in [2.05, 4.69) is 10.6 Å². The van der Waals surface area contributed by atoms with Gasteiger partial charge in [-0.25, -0.2) is 4.39 Å². The van der Waals surface area contributed by atoms with E-state index < -0.39 is 17.8 Å². The maximum Gasteiger partial charge on any atom is 0.289 e. The summed E-state index contributed by atoms with van der Waals surface area (Å²) in [5.41, 5.74) is 0.285. The summed E-state index contributed by atoms with van der Waals surface area (Å²) in [5, 5.41) is 5.77. The SMILES string of the molecule is CCC(C)NC(=O)C(NC(=O)c1ccc(F)cc1)C1CCN(C(=O)c2ccco2)CC1. The summed E-state index contributed by atoms with van der Waals surface area (Å²) in [6.45, 7) is 4.80. The van der Waals surface area contributed by atoms with E-state index in [4.69, 9.17) is 4.42 Å². The van der Waals surface area contributed by atoms with Gasteiger partial charge in [0.1, 0.15) is 11.9 Å². The van der Waals surface area contributed by atoms with Gasteiger partial charge in [-0.15, -0.1) is 0 Å². The van der Waals surface area contributed by atoms with Gasteiger partial charge in [0.15, 0.2) is 5.76 Å². The van der Waals surface area contributed by atoms with Crippen LogP contribution in [-0.2, 0) is 4.79 Å². The van der Waals surface area contributed by atoms with E-state index in [-0.39, 0.29) is 35.1 Å². The number of piperidine rings is 1. The van der Waals surface area contributed by atoms with Crippen LogP contribution in [0.3, 0.4) is 0 Å². The zero-order valence-electron chi connectivity index (χ0n) is 17.8. The van der Waals surface area contributed by atoms with E-state index in [1.165, 1.54) is 30.5 Å². The Bertz CT molecular complexity index is 890. The van der Waals surface area contributed by atoms with E-state index in [0.717, 1.165) is 6.42 Å². The Labute approximate surface area is 181 Å². The summed E-state index contributed by atoms with van der Waals surface area (Å²) >= 11 is 0. The number of carbonyl (C=O) groups excluding carboxylic acids is 3. The Morgan fingerprint density at radius 2 is 1.81 bits per heavy atom. The smallest absolute Gasteiger partial charge is 0.289 e. The number of halogens is 1. The highest BCUT2D eigenvalue weighted by atomic mass is 19.1. The van der Waals surface area contributed by atoms with E-state index in [9.17, 15) is 18.8 Å². The molecule has 3 rings (SSSR count). The highest BCUT2D eigenvalue weighted by molar-refractivity contribution is 5.97. The van der Waals surface area contributed by atoms with Crippen LogP contribution in [0.1, 0.15) is 54.0 Å². The van der Waals surface area contributed by atoms with Crippen LogP contribution < -0.4 is 10.6 Å². The van der Waals surface area contributed by atoms with Gasteiger partial charge >= 0.3 is 0 Å². The van der Waals surface area contributed by atoms with Crippen molar-refractivity contribution in [2.24, 2.45) is 5.92 Å². The molecule has 2 N–H and O–H groups in total. The van der Waals surface area contributed by atoms with Crippen molar-refractivity contribution in [1.29, 1.82) is 0 Å². The molecule has 2 unspecified atom stereocenters. The molecule has 2 aromatic rings. The predicted octanol–water partition coefficient (Wildman–Crippen LogP) is 2.98. The first-order valence-corrected chi connectivity index (χ1v) is 10.6. The van der Waals surface area contributed by atoms with E-state index >= 15 is 0 Å². The molecule has 8 heteroatoms. The standard InChI is InChI=1S/C23H28FN3O4/c1-3-15(2)25-22(29)20(26-21(28)17-6-8-18(24)9-7-17)16-10-12-27(13-11-16)23(30)19-5-4-14-31-19/h4-9,14-16,20H,3,10-13H2,1-2H3,(H,25,29)(H,26,28). The summed E-state index contributed by atoms with van der Waals surface area (Å²) < 4.78 is 18.4. The highest BCUT2D eigenvalue weighted by Gasteiger charge is 2.35. The number of likely N-dealkylation sites (tertiary alicyclic amines) is 1. The van der Waals surface area contributed by atoms with Crippen LogP contribution >= 0.6 is 0 Å². The van der Waals surface area contributed by atoms with Crippen LogP contribution in [0.25, 0.3) is 0 Å². The van der Waals surface area contributed by atoms with Gasteiger partial charge in [0.25, 0.3) is 11.8 Å². The molecule has 1 aromatic carbocycles. The van der Waals surface area contributed by atoms with Crippen LogP contribution in [0.2, 0.25) is 0 Å². The maximum absolute atomic E-state index is 13.2. The lowest BCUT2D eigenvalue weighted by Gasteiger charge is -2.35. The highest BCUT2D eigenvalue weighted by Crippen LogP contribution is 2.23. The fraction of sp³-hybridized carbons (Fsp3) is 0.435. The molecule has 1 saturated heterocycles. The molecular formula is C23H28FN3O4. The summed E-state index contributed by atoms with van der Waals surface area (Å²) in [7, 11) is 0. The van der Waals surface area contributed by atoms with E-state index in [0.29, 0.717) is 25.9 Å². The topological polar surface area (TPSA) is 91.7 Å². The fourth-order valence-corrected chi connectivity index (χ4v) is 3.65. The minimum absolute atomic E-state index is 0.0293. The van der Waals surface area contributed by atoms with Crippen LogP contribution in [0, 0.1) is 11.7 Å². The first kappa shape index (κ1) is 22.5. The van der Waals surface area contributed by atoms with Crippen molar-refractivity contribution in [1.82, 2.24) is 15.5 Å². The van der Waals surface area contributed by atoms with Crippen LogP contribution in [-0.4, -0.2) is 47.8 Å². The lowest BCUT2D eigenvalue weighted by molar-refractivity contribution is -0.125. The second-order valence-electron chi connectivity index (χ2n) is 7.88. The lowest BCUT2D eigenvalue weighted by Crippen LogP contribution is -2.55. The molecule has 1 aliphatic heterocycles. The second-order valence-corrected chi connectivity index (χ2v) is 7.88. The third-order valence-electron chi connectivity index (χ3n) is 5.71. The minimum Gasteiger partial charge on any atom is -0.459 e. The molecule has 0 radical (unpaired) electrons.